The Kier molecular flexibility index (Phi) is 4.09. The molecule has 0 aromatic carbocycles. The lowest BCUT2D eigenvalue weighted by atomic mass is 10.4. The minimum atomic E-state index is -0.0330. The summed E-state index contributed by atoms with van der Waals surface area (Å²) in [6, 6.07) is 4.23. The molecular weight excluding hydrogens is 258 g/mol. The Morgan fingerprint density at radius 2 is 1.95 bits per heavy atom. The van der Waals surface area contributed by atoms with Crippen LogP contribution in [-0.2, 0) is 6.54 Å². The molecular formula is C13H21N5S. The van der Waals surface area contributed by atoms with E-state index >= 15 is 0 Å². The molecule has 0 fully saturated rings. The fourth-order valence-electron chi connectivity index (χ4n) is 2.10. The largest absolute Gasteiger partial charge is 0.349 e. The Labute approximate surface area is 118 Å². The van der Waals surface area contributed by atoms with Gasteiger partial charge in [0.25, 0.3) is 0 Å². The third kappa shape index (κ3) is 3.07. The molecule has 1 atom stereocenters. The standard InChI is InChI=1S/C13H21N5S/c1-10-14-12(16(2)3)18(5)13(15-10)17(4)9-11-7-6-8-19-11/h6-8,10H,9H2,1-5H3. The molecule has 0 N–H and O–H groups in total. The van der Waals surface area contributed by atoms with Gasteiger partial charge in [0.2, 0.25) is 11.9 Å². The summed E-state index contributed by atoms with van der Waals surface area (Å²) in [5.41, 5.74) is 0. The van der Waals surface area contributed by atoms with Crippen molar-refractivity contribution in [3.8, 4) is 0 Å². The fourth-order valence-corrected chi connectivity index (χ4v) is 2.86. The Bertz CT molecular complexity index is 477. The predicted octanol–water partition coefficient (Wildman–Crippen LogP) is 1.74. The predicted molar refractivity (Wildman–Crippen MR) is 81.6 cm³/mol. The molecule has 1 unspecified atom stereocenters. The van der Waals surface area contributed by atoms with Crippen molar-refractivity contribution >= 4 is 23.3 Å². The van der Waals surface area contributed by atoms with E-state index in [9.17, 15) is 0 Å². The van der Waals surface area contributed by atoms with Crippen LogP contribution in [-0.4, -0.2) is 61.0 Å². The van der Waals surface area contributed by atoms with E-state index < -0.39 is 0 Å². The number of nitrogens with zero attached hydrogens (tertiary/aromatic N) is 5. The van der Waals surface area contributed by atoms with Gasteiger partial charge in [-0.3, -0.25) is 4.90 Å². The smallest absolute Gasteiger partial charge is 0.205 e. The summed E-state index contributed by atoms with van der Waals surface area (Å²) >= 11 is 1.77. The maximum Gasteiger partial charge on any atom is 0.205 e. The first-order valence-corrected chi connectivity index (χ1v) is 7.17. The quantitative estimate of drug-likeness (QED) is 0.827. The summed E-state index contributed by atoms with van der Waals surface area (Å²) in [6.45, 7) is 2.88. The molecule has 0 radical (unpaired) electrons. The van der Waals surface area contributed by atoms with Crippen molar-refractivity contribution in [2.24, 2.45) is 9.98 Å². The Balaban J connectivity index is 2.15. The molecule has 19 heavy (non-hydrogen) atoms. The number of rotatable bonds is 2. The van der Waals surface area contributed by atoms with Crippen LogP contribution in [0.5, 0.6) is 0 Å². The van der Waals surface area contributed by atoms with Gasteiger partial charge in [0, 0.05) is 33.1 Å². The third-order valence-corrected chi connectivity index (χ3v) is 3.78. The summed E-state index contributed by atoms with van der Waals surface area (Å²) < 4.78 is 0. The zero-order valence-electron chi connectivity index (χ0n) is 12.2. The van der Waals surface area contributed by atoms with Crippen molar-refractivity contribution in [3.63, 3.8) is 0 Å². The first-order valence-electron chi connectivity index (χ1n) is 6.29. The molecule has 5 nitrogen and oxygen atoms in total. The second-order valence-electron chi connectivity index (χ2n) is 4.88. The SMILES string of the molecule is CC1N=C(N(C)C)N(C)C(N(C)Cc2cccs2)=N1. The molecule has 1 aromatic rings. The number of thiophene rings is 1. The van der Waals surface area contributed by atoms with Crippen LogP contribution in [0.3, 0.4) is 0 Å². The molecule has 6 heteroatoms. The summed E-state index contributed by atoms with van der Waals surface area (Å²) in [5, 5.41) is 2.10. The zero-order chi connectivity index (χ0) is 14.0. The van der Waals surface area contributed by atoms with Crippen LogP contribution in [0, 0.1) is 0 Å². The second-order valence-corrected chi connectivity index (χ2v) is 5.91. The average molecular weight is 279 g/mol. The van der Waals surface area contributed by atoms with E-state index in [1.54, 1.807) is 11.3 Å². The van der Waals surface area contributed by atoms with Crippen LogP contribution in [0.15, 0.2) is 27.5 Å². The van der Waals surface area contributed by atoms with Gasteiger partial charge in [-0.2, -0.15) is 0 Å². The molecule has 104 valence electrons. The van der Waals surface area contributed by atoms with Gasteiger partial charge in [-0.25, -0.2) is 9.98 Å². The van der Waals surface area contributed by atoms with Crippen molar-refractivity contribution in [1.82, 2.24) is 14.7 Å². The highest BCUT2D eigenvalue weighted by Crippen LogP contribution is 2.15. The topological polar surface area (TPSA) is 34.4 Å². The molecule has 2 heterocycles. The fraction of sp³-hybridized carbons (Fsp3) is 0.538. The Morgan fingerprint density at radius 1 is 1.26 bits per heavy atom. The van der Waals surface area contributed by atoms with Crippen LogP contribution in [0.4, 0.5) is 0 Å². The van der Waals surface area contributed by atoms with Crippen LogP contribution >= 0.6 is 11.3 Å². The van der Waals surface area contributed by atoms with E-state index in [-0.39, 0.29) is 6.17 Å². The first kappa shape index (κ1) is 13.9. The normalized spacial score (nSPS) is 19.0. The average Bonchev–Trinajstić information content (AvgIpc) is 2.84. The van der Waals surface area contributed by atoms with E-state index in [0.717, 1.165) is 18.5 Å². The van der Waals surface area contributed by atoms with Crippen molar-refractivity contribution in [1.29, 1.82) is 0 Å². The maximum atomic E-state index is 4.64. The van der Waals surface area contributed by atoms with Crippen LogP contribution < -0.4 is 0 Å². The van der Waals surface area contributed by atoms with E-state index in [2.05, 4.69) is 39.4 Å². The molecule has 2 rings (SSSR count). The highest BCUT2D eigenvalue weighted by atomic mass is 32.1. The summed E-state index contributed by atoms with van der Waals surface area (Å²) in [7, 11) is 8.09. The summed E-state index contributed by atoms with van der Waals surface area (Å²) in [6.07, 6.45) is -0.0330. The van der Waals surface area contributed by atoms with Crippen molar-refractivity contribution in [3.05, 3.63) is 22.4 Å². The van der Waals surface area contributed by atoms with E-state index in [1.807, 2.05) is 37.9 Å². The lowest BCUT2D eigenvalue weighted by Crippen LogP contribution is -2.50. The second kappa shape index (κ2) is 5.61. The number of guanidine groups is 2. The van der Waals surface area contributed by atoms with Crippen molar-refractivity contribution in [2.45, 2.75) is 19.6 Å². The van der Waals surface area contributed by atoms with Gasteiger partial charge in [-0.1, -0.05) is 6.07 Å². The molecule has 0 saturated heterocycles. The number of hydrogen-bond donors (Lipinski definition) is 0. The Morgan fingerprint density at radius 3 is 2.53 bits per heavy atom. The van der Waals surface area contributed by atoms with E-state index in [4.69, 9.17) is 0 Å². The van der Waals surface area contributed by atoms with Crippen molar-refractivity contribution in [2.75, 3.05) is 28.2 Å². The van der Waals surface area contributed by atoms with Gasteiger partial charge < -0.3 is 9.80 Å². The zero-order valence-corrected chi connectivity index (χ0v) is 13.0. The minimum absolute atomic E-state index is 0.0330. The summed E-state index contributed by atoms with van der Waals surface area (Å²) in [4.78, 5) is 16.7. The first-order chi connectivity index (χ1) is 8.99. The lowest BCUT2D eigenvalue weighted by molar-refractivity contribution is 0.407. The molecule has 1 aliphatic rings. The van der Waals surface area contributed by atoms with Gasteiger partial charge in [0.05, 0.1) is 6.54 Å². The lowest BCUT2D eigenvalue weighted by Gasteiger charge is -2.35. The minimum Gasteiger partial charge on any atom is -0.349 e. The molecule has 1 aromatic heterocycles. The Hall–Kier alpha value is -1.56. The van der Waals surface area contributed by atoms with Crippen LogP contribution in [0.2, 0.25) is 0 Å². The van der Waals surface area contributed by atoms with Gasteiger partial charge in [-0.05, 0) is 18.4 Å². The highest BCUT2D eigenvalue weighted by Gasteiger charge is 2.24. The summed E-state index contributed by atoms with van der Waals surface area (Å²) in [5.74, 6) is 1.90. The monoisotopic (exact) mass is 279 g/mol. The molecule has 1 aliphatic heterocycles. The molecule has 0 aliphatic carbocycles. The van der Waals surface area contributed by atoms with E-state index in [0.29, 0.717) is 0 Å². The van der Waals surface area contributed by atoms with Crippen LogP contribution in [0.25, 0.3) is 0 Å². The van der Waals surface area contributed by atoms with E-state index in [1.165, 1.54) is 4.88 Å². The van der Waals surface area contributed by atoms with Gasteiger partial charge in [0.1, 0.15) is 6.17 Å². The molecule has 0 saturated carbocycles. The van der Waals surface area contributed by atoms with Gasteiger partial charge >= 0.3 is 0 Å². The third-order valence-electron chi connectivity index (χ3n) is 2.92. The number of aliphatic imine (C=N–C) groups is 2. The molecule has 0 amide bonds. The van der Waals surface area contributed by atoms with Crippen molar-refractivity contribution < 1.29 is 0 Å². The maximum absolute atomic E-state index is 4.64. The molecule has 0 spiro atoms. The van der Waals surface area contributed by atoms with Gasteiger partial charge in [-0.15, -0.1) is 11.3 Å². The molecule has 0 bridgehead atoms. The van der Waals surface area contributed by atoms with Gasteiger partial charge in [0.15, 0.2) is 0 Å². The number of hydrogen-bond acceptors (Lipinski definition) is 6. The highest BCUT2D eigenvalue weighted by molar-refractivity contribution is 7.09. The van der Waals surface area contributed by atoms with Crippen LogP contribution in [0.1, 0.15) is 11.8 Å².